The molecule has 3 rings (SSSR count). The van der Waals surface area contributed by atoms with Gasteiger partial charge in [0.2, 0.25) is 10.0 Å². The van der Waals surface area contributed by atoms with E-state index in [1.54, 1.807) is 0 Å². The third kappa shape index (κ3) is 5.72. The molecule has 1 aromatic carbocycles. The fourth-order valence-electron chi connectivity index (χ4n) is 3.36. The van der Waals surface area contributed by atoms with Crippen molar-refractivity contribution in [2.75, 3.05) is 13.1 Å². The summed E-state index contributed by atoms with van der Waals surface area (Å²) in [6, 6.07) is 5.33. The summed E-state index contributed by atoms with van der Waals surface area (Å²) >= 11 is 0. The second-order valence-corrected chi connectivity index (χ2v) is 9.14. The molecule has 0 spiro atoms. The maximum atomic E-state index is 12.3. The highest BCUT2D eigenvalue weighted by Crippen LogP contribution is 2.34. The molecule has 2 aliphatic rings. The zero-order valence-electron chi connectivity index (χ0n) is 14.8. The van der Waals surface area contributed by atoms with Gasteiger partial charge in [-0.25, -0.2) is 13.1 Å². The van der Waals surface area contributed by atoms with E-state index >= 15 is 0 Å². The van der Waals surface area contributed by atoms with Gasteiger partial charge in [-0.05, 0) is 37.2 Å². The van der Waals surface area contributed by atoms with E-state index in [2.05, 4.69) is 4.72 Å². The Balaban J connectivity index is 1.50. The summed E-state index contributed by atoms with van der Waals surface area (Å²) in [6.07, 6.45) is 3.46. The number of rotatable bonds is 10. The van der Waals surface area contributed by atoms with Crippen LogP contribution in [0.3, 0.4) is 0 Å². The van der Waals surface area contributed by atoms with Crippen molar-refractivity contribution >= 4 is 21.7 Å². The highest BCUT2D eigenvalue weighted by molar-refractivity contribution is 7.88. The Kier molecular flexibility index (Phi) is 5.78. The summed E-state index contributed by atoms with van der Waals surface area (Å²) in [5.41, 5.74) is 0.394. The Hall–Kier alpha value is -2.04. The van der Waals surface area contributed by atoms with Gasteiger partial charge in [-0.1, -0.05) is 12.1 Å². The van der Waals surface area contributed by atoms with Crippen molar-refractivity contribution in [3.8, 4) is 0 Å². The number of nitro groups is 1. The first-order valence-electron chi connectivity index (χ1n) is 8.91. The normalized spacial score (nSPS) is 22.4. The van der Waals surface area contributed by atoms with E-state index in [9.17, 15) is 23.3 Å². The Morgan fingerprint density at radius 2 is 1.89 bits per heavy atom. The van der Waals surface area contributed by atoms with E-state index in [0.717, 1.165) is 19.4 Å². The van der Waals surface area contributed by atoms with Crippen LogP contribution in [0.25, 0.3) is 0 Å². The summed E-state index contributed by atoms with van der Waals surface area (Å²) in [7, 11) is -3.57. The number of hydrogen-bond acceptors (Lipinski definition) is 6. The minimum absolute atomic E-state index is 0.0105. The molecule has 2 N–H and O–H groups in total. The molecule has 0 aliphatic heterocycles. The van der Waals surface area contributed by atoms with Gasteiger partial charge in [0.25, 0.3) is 5.69 Å². The predicted octanol–water partition coefficient (Wildman–Crippen LogP) is 1.34. The predicted molar refractivity (Wildman–Crippen MR) is 97.6 cm³/mol. The van der Waals surface area contributed by atoms with Crippen molar-refractivity contribution in [1.82, 2.24) is 9.62 Å². The maximum absolute atomic E-state index is 12.3. The van der Waals surface area contributed by atoms with Crippen LogP contribution in [0.1, 0.15) is 31.2 Å². The molecule has 0 saturated heterocycles. The molecule has 2 fully saturated rings. The number of carboxylic acid groups (broad SMARTS) is 1. The smallest absolute Gasteiger partial charge is 0.317 e. The third-order valence-electron chi connectivity index (χ3n) is 5.01. The van der Waals surface area contributed by atoms with Crippen molar-refractivity contribution < 1.29 is 23.2 Å². The first kappa shape index (κ1) is 19.7. The van der Waals surface area contributed by atoms with Crippen molar-refractivity contribution in [1.29, 1.82) is 0 Å². The number of non-ortho nitro benzene ring substituents is 1. The number of nitrogens with zero attached hydrogens (tertiary/aromatic N) is 2. The molecule has 148 valence electrons. The Labute approximate surface area is 157 Å². The number of hydrogen-bond donors (Lipinski definition) is 2. The Morgan fingerprint density at radius 3 is 2.41 bits per heavy atom. The fourth-order valence-corrected chi connectivity index (χ4v) is 4.77. The highest BCUT2D eigenvalue weighted by atomic mass is 32.2. The van der Waals surface area contributed by atoms with Gasteiger partial charge in [0.15, 0.2) is 0 Å². The second kappa shape index (κ2) is 7.91. The standard InChI is InChI=1S/C17H23N3O6S/c21-17(22)10-19(9-12-1-2-12)16-7-14(8-16)18-27(25,26)11-13-3-5-15(6-4-13)20(23)24/h3-6,12,14,16,18H,1-2,7-11H2,(H,21,22). The van der Waals surface area contributed by atoms with Gasteiger partial charge in [-0.3, -0.25) is 19.8 Å². The monoisotopic (exact) mass is 397 g/mol. The fraction of sp³-hybridized carbons (Fsp3) is 0.588. The van der Waals surface area contributed by atoms with Gasteiger partial charge < -0.3 is 5.11 Å². The molecule has 0 unspecified atom stereocenters. The van der Waals surface area contributed by atoms with Gasteiger partial charge in [-0.15, -0.1) is 0 Å². The van der Waals surface area contributed by atoms with Crippen LogP contribution in [-0.4, -0.2) is 54.5 Å². The number of sulfonamides is 1. The summed E-state index contributed by atoms with van der Waals surface area (Å²) < 4.78 is 27.3. The first-order valence-corrected chi connectivity index (χ1v) is 10.6. The summed E-state index contributed by atoms with van der Waals surface area (Å²) in [5, 5.41) is 19.7. The van der Waals surface area contributed by atoms with Crippen LogP contribution < -0.4 is 4.72 Å². The van der Waals surface area contributed by atoms with E-state index in [1.165, 1.54) is 24.3 Å². The van der Waals surface area contributed by atoms with Gasteiger partial charge >= 0.3 is 5.97 Å². The van der Waals surface area contributed by atoms with Crippen molar-refractivity contribution in [3.05, 3.63) is 39.9 Å². The average molecular weight is 397 g/mol. The van der Waals surface area contributed by atoms with Gasteiger partial charge in [0.05, 0.1) is 17.2 Å². The Morgan fingerprint density at radius 1 is 1.26 bits per heavy atom. The maximum Gasteiger partial charge on any atom is 0.317 e. The zero-order chi connectivity index (χ0) is 19.6. The van der Waals surface area contributed by atoms with E-state index in [1.807, 2.05) is 4.90 Å². The minimum atomic E-state index is -3.57. The SMILES string of the molecule is O=C(O)CN(CC1CC1)C1CC(NS(=O)(=O)Cc2ccc([N+](=O)[O-])cc2)C1. The van der Waals surface area contributed by atoms with Crippen LogP contribution >= 0.6 is 0 Å². The molecular formula is C17H23N3O6S. The lowest BCUT2D eigenvalue weighted by Gasteiger charge is -2.42. The van der Waals surface area contributed by atoms with E-state index in [-0.39, 0.29) is 30.1 Å². The van der Waals surface area contributed by atoms with E-state index in [0.29, 0.717) is 24.3 Å². The van der Waals surface area contributed by atoms with Crippen molar-refractivity contribution in [3.63, 3.8) is 0 Å². The van der Waals surface area contributed by atoms with Gasteiger partial charge in [-0.2, -0.15) is 0 Å². The first-order chi connectivity index (χ1) is 12.7. The molecular weight excluding hydrogens is 374 g/mol. The van der Waals surface area contributed by atoms with Crippen molar-refractivity contribution in [2.45, 2.75) is 43.5 Å². The molecule has 0 atom stereocenters. The van der Waals surface area contributed by atoms with E-state index in [4.69, 9.17) is 5.11 Å². The molecule has 0 heterocycles. The highest BCUT2D eigenvalue weighted by Gasteiger charge is 2.38. The van der Waals surface area contributed by atoms with Gasteiger partial charge in [0, 0.05) is 30.8 Å². The lowest BCUT2D eigenvalue weighted by atomic mass is 9.86. The van der Waals surface area contributed by atoms with Crippen LogP contribution in [0, 0.1) is 16.0 Å². The second-order valence-electron chi connectivity index (χ2n) is 7.39. The average Bonchev–Trinajstić information content (AvgIpc) is 3.33. The Bertz CT molecular complexity index is 800. The van der Waals surface area contributed by atoms with Gasteiger partial charge in [0.1, 0.15) is 0 Å². The van der Waals surface area contributed by atoms with Crippen LogP contribution in [0.5, 0.6) is 0 Å². The van der Waals surface area contributed by atoms with Crippen LogP contribution in [0.2, 0.25) is 0 Å². The lowest BCUT2D eigenvalue weighted by Crippen LogP contribution is -2.55. The molecule has 0 radical (unpaired) electrons. The number of aliphatic carboxylic acids is 1. The molecule has 27 heavy (non-hydrogen) atoms. The van der Waals surface area contributed by atoms with Crippen LogP contribution in [-0.2, 0) is 20.6 Å². The summed E-state index contributed by atoms with van der Waals surface area (Å²) in [4.78, 5) is 23.1. The number of carbonyl (C=O) groups is 1. The molecule has 0 bridgehead atoms. The molecule has 10 heteroatoms. The van der Waals surface area contributed by atoms with Crippen molar-refractivity contribution in [2.24, 2.45) is 5.92 Å². The number of nitro benzene ring substituents is 1. The third-order valence-corrected chi connectivity index (χ3v) is 6.41. The zero-order valence-corrected chi connectivity index (χ0v) is 15.6. The van der Waals surface area contributed by atoms with Crippen LogP contribution in [0.15, 0.2) is 24.3 Å². The number of nitrogens with one attached hydrogen (secondary N) is 1. The molecule has 0 aromatic heterocycles. The number of benzene rings is 1. The summed E-state index contributed by atoms with van der Waals surface area (Å²) in [6.45, 7) is 0.753. The molecule has 2 saturated carbocycles. The number of carboxylic acids is 1. The largest absolute Gasteiger partial charge is 0.480 e. The quantitative estimate of drug-likeness (QED) is 0.450. The van der Waals surface area contributed by atoms with Crippen LogP contribution in [0.4, 0.5) is 5.69 Å². The molecule has 9 nitrogen and oxygen atoms in total. The molecule has 1 aromatic rings. The minimum Gasteiger partial charge on any atom is -0.480 e. The summed E-state index contributed by atoms with van der Waals surface area (Å²) in [5.74, 6) is -0.535. The topological polar surface area (TPSA) is 130 Å². The molecule has 2 aliphatic carbocycles. The van der Waals surface area contributed by atoms with E-state index < -0.39 is 20.9 Å². The molecule has 0 amide bonds. The lowest BCUT2D eigenvalue weighted by molar-refractivity contribution is -0.384.